The molecule has 0 spiro atoms. The first kappa shape index (κ1) is 13.9. The molecule has 0 saturated carbocycles. The molecule has 2 N–H and O–H groups in total. The number of likely N-dealkylation sites (N-methyl/N-ethyl adjacent to an activating group) is 1. The number of hydrogen-bond donors (Lipinski definition) is 1. The molecule has 0 aliphatic carbocycles. The van der Waals surface area contributed by atoms with E-state index in [4.69, 9.17) is 10.5 Å². The van der Waals surface area contributed by atoms with Crippen molar-refractivity contribution >= 4 is 11.6 Å². The van der Waals surface area contributed by atoms with Crippen molar-refractivity contribution in [3.8, 4) is 5.75 Å². The first-order valence-electron chi connectivity index (χ1n) is 6.27. The van der Waals surface area contributed by atoms with E-state index in [0.717, 1.165) is 5.56 Å². The number of benzene rings is 1. The Morgan fingerprint density at radius 1 is 1.25 bits per heavy atom. The fraction of sp³-hybridized carbons (Fsp3) is 0.200. The van der Waals surface area contributed by atoms with Crippen molar-refractivity contribution in [1.29, 1.82) is 0 Å². The number of hydrogen-bond acceptors (Lipinski definition) is 4. The number of aromatic nitrogens is 1. The van der Waals surface area contributed by atoms with Crippen molar-refractivity contribution in [3.63, 3.8) is 0 Å². The van der Waals surface area contributed by atoms with Crippen molar-refractivity contribution in [2.75, 3.05) is 19.4 Å². The number of pyridine rings is 1. The molecular formula is C15H17N3O2. The summed E-state index contributed by atoms with van der Waals surface area (Å²) in [6.07, 6.45) is 3.41. The minimum absolute atomic E-state index is 0.0319. The Bertz CT molecular complexity index is 572. The first-order valence-corrected chi connectivity index (χ1v) is 6.27. The highest BCUT2D eigenvalue weighted by atomic mass is 16.5. The topological polar surface area (TPSA) is 68.5 Å². The normalized spacial score (nSPS) is 10.1. The fourth-order valence-electron chi connectivity index (χ4n) is 1.71. The summed E-state index contributed by atoms with van der Waals surface area (Å²) < 4.78 is 5.43. The molecule has 0 saturated heterocycles. The molecule has 104 valence electrons. The molecule has 0 aliphatic heterocycles. The van der Waals surface area contributed by atoms with Gasteiger partial charge in [-0.2, -0.15) is 0 Å². The van der Waals surface area contributed by atoms with E-state index >= 15 is 0 Å². The quantitative estimate of drug-likeness (QED) is 0.840. The summed E-state index contributed by atoms with van der Waals surface area (Å²) in [6.45, 7) is 0.491. The number of carbonyl (C=O) groups is 1. The van der Waals surface area contributed by atoms with E-state index in [-0.39, 0.29) is 12.5 Å². The SMILES string of the molecule is CN(Cc1ccncc1)C(=O)COc1ccccc1N. The van der Waals surface area contributed by atoms with Crippen LogP contribution in [0.2, 0.25) is 0 Å². The van der Waals surface area contributed by atoms with Crippen molar-refractivity contribution in [2.45, 2.75) is 6.54 Å². The Morgan fingerprint density at radius 2 is 1.95 bits per heavy atom. The van der Waals surface area contributed by atoms with Gasteiger partial charge in [-0.1, -0.05) is 12.1 Å². The average Bonchev–Trinajstić information content (AvgIpc) is 2.47. The smallest absolute Gasteiger partial charge is 0.260 e. The van der Waals surface area contributed by atoms with Gasteiger partial charge in [-0.25, -0.2) is 0 Å². The van der Waals surface area contributed by atoms with E-state index in [1.165, 1.54) is 0 Å². The summed E-state index contributed by atoms with van der Waals surface area (Å²) in [5.41, 5.74) is 7.30. The second-order valence-electron chi connectivity index (χ2n) is 4.43. The molecule has 0 atom stereocenters. The molecule has 0 radical (unpaired) electrons. The Balaban J connectivity index is 1.87. The zero-order valence-electron chi connectivity index (χ0n) is 11.3. The molecule has 0 fully saturated rings. The summed E-state index contributed by atoms with van der Waals surface area (Å²) in [6, 6.07) is 10.9. The number of nitrogen functional groups attached to an aromatic ring is 1. The van der Waals surface area contributed by atoms with Crippen LogP contribution in [0.1, 0.15) is 5.56 Å². The predicted octanol–water partition coefficient (Wildman–Crippen LogP) is 1.70. The summed E-state index contributed by atoms with van der Waals surface area (Å²) in [4.78, 5) is 17.5. The van der Waals surface area contributed by atoms with E-state index in [9.17, 15) is 4.79 Å². The van der Waals surface area contributed by atoms with Gasteiger partial charge in [0.1, 0.15) is 5.75 Å². The molecule has 5 nitrogen and oxygen atoms in total. The lowest BCUT2D eigenvalue weighted by Gasteiger charge is -2.17. The highest BCUT2D eigenvalue weighted by molar-refractivity contribution is 5.77. The van der Waals surface area contributed by atoms with Gasteiger partial charge in [0.15, 0.2) is 6.61 Å². The monoisotopic (exact) mass is 271 g/mol. The summed E-state index contributed by atoms with van der Waals surface area (Å²) >= 11 is 0. The van der Waals surface area contributed by atoms with Crippen LogP contribution in [0.5, 0.6) is 5.75 Å². The number of amides is 1. The molecule has 1 heterocycles. The molecule has 0 aliphatic rings. The van der Waals surface area contributed by atoms with E-state index in [1.807, 2.05) is 24.3 Å². The predicted molar refractivity (Wildman–Crippen MR) is 77.1 cm³/mol. The van der Waals surface area contributed by atoms with Gasteiger partial charge in [0.25, 0.3) is 5.91 Å². The molecule has 5 heteroatoms. The second kappa shape index (κ2) is 6.56. The summed E-state index contributed by atoms with van der Waals surface area (Å²) in [5.74, 6) is 0.420. The second-order valence-corrected chi connectivity index (χ2v) is 4.43. The van der Waals surface area contributed by atoms with E-state index in [0.29, 0.717) is 18.0 Å². The van der Waals surface area contributed by atoms with Crippen LogP contribution in [0.4, 0.5) is 5.69 Å². The van der Waals surface area contributed by atoms with Crippen molar-refractivity contribution in [3.05, 3.63) is 54.4 Å². The van der Waals surface area contributed by atoms with Gasteiger partial charge in [0.05, 0.1) is 5.69 Å². The Hall–Kier alpha value is -2.56. The Kier molecular flexibility index (Phi) is 4.55. The molecule has 1 amide bonds. The summed E-state index contributed by atoms with van der Waals surface area (Å²) in [5, 5.41) is 0. The van der Waals surface area contributed by atoms with Crippen LogP contribution in [0.15, 0.2) is 48.8 Å². The Labute approximate surface area is 118 Å². The van der Waals surface area contributed by atoms with Gasteiger partial charge >= 0.3 is 0 Å². The molecule has 0 bridgehead atoms. The Morgan fingerprint density at radius 3 is 2.65 bits per heavy atom. The zero-order valence-corrected chi connectivity index (χ0v) is 11.3. The number of para-hydroxylation sites is 2. The molecule has 20 heavy (non-hydrogen) atoms. The molecule has 1 aromatic heterocycles. The van der Waals surface area contributed by atoms with Crippen LogP contribution in [-0.2, 0) is 11.3 Å². The number of carbonyl (C=O) groups excluding carboxylic acids is 1. The highest BCUT2D eigenvalue weighted by Gasteiger charge is 2.10. The molecule has 2 aromatic rings. The van der Waals surface area contributed by atoms with Crippen LogP contribution < -0.4 is 10.5 Å². The van der Waals surface area contributed by atoms with Crippen molar-refractivity contribution in [2.24, 2.45) is 0 Å². The lowest BCUT2D eigenvalue weighted by atomic mass is 10.2. The third-order valence-corrected chi connectivity index (χ3v) is 2.87. The minimum Gasteiger partial charge on any atom is -0.482 e. The first-order chi connectivity index (χ1) is 9.66. The number of anilines is 1. The van der Waals surface area contributed by atoms with Gasteiger partial charge in [0.2, 0.25) is 0 Å². The van der Waals surface area contributed by atoms with Crippen LogP contribution in [0, 0.1) is 0 Å². The maximum absolute atomic E-state index is 12.0. The van der Waals surface area contributed by atoms with Crippen molar-refractivity contribution in [1.82, 2.24) is 9.88 Å². The lowest BCUT2D eigenvalue weighted by Crippen LogP contribution is -2.31. The number of ether oxygens (including phenoxy) is 1. The van der Waals surface area contributed by atoms with Crippen LogP contribution >= 0.6 is 0 Å². The molecular weight excluding hydrogens is 254 g/mol. The van der Waals surface area contributed by atoms with E-state index in [1.54, 1.807) is 36.5 Å². The largest absolute Gasteiger partial charge is 0.482 e. The highest BCUT2D eigenvalue weighted by Crippen LogP contribution is 2.19. The van der Waals surface area contributed by atoms with Gasteiger partial charge in [-0.05, 0) is 29.8 Å². The van der Waals surface area contributed by atoms with Crippen LogP contribution in [0.25, 0.3) is 0 Å². The zero-order chi connectivity index (χ0) is 14.4. The molecule has 0 unspecified atom stereocenters. The third-order valence-electron chi connectivity index (χ3n) is 2.87. The number of nitrogens with zero attached hydrogens (tertiary/aromatic N) is 2. The number of nitrogens with two attached hydrogens (primary N) is 1. The van der Waals surface area contributed by atoms with Gasteiger partial charge in [-0.15, -0.1) is 0 Å². The minimum atomic E-state index is -0.106. The number of rotatable bonds is 5. The van der Waals surface area contributed by atoms with E-state index < -0.39 is 0 Å². The van der Waals surface area contributed by atoms with Gasteiger partial charge in [0, 0.05) is 26.0 Å². The van der Waals surface area contributed by atoms with Crippen LogP contribution in [0.3, 0.4) is 0 Å². The maximum atomic E-state index is 12.0. The molecule has 2 rings (SSSR count). The average molecular weight is 271 g/mol. The molecule has 1 aromatic carbocycles. The van der Waals surface area contributed by atoms with Crippen LogP contribution in [-0.4, -0.2) is 29.4 Å². The van der Waals surface area contributed by atoms with Gasteiger partial charge in [-0.3, -0.25) is 9.78 Å². The maximum Gasteiger partial charge on any atom is 0.260 e. The third kappa shape index (κ3) is 3.71. The van der Waals surface area contributed by atoms with Gasteiger partial charge < -0.3 is 15.4 Å². The van der Waals surface area contributed by atoms with Crippen molar-refractivity contribution < 1.29 is 9.53 Å². The van der Waals surface area contributed by atoms with E-state index in [2.05, 4.69) is 4.98 Å². The summed E-state index contributed by atoms with van der Waals surface area (Å²) in [7, 11) is 1.74. The fourth-order valence-corrected chi connectivity index (χ4v) is 1.71. The lowest BCUT2D eigenvalue weighted by molar-refractivity contribution is -0.132. The standard InChI is InChI=1S/C15H17N3O2/c1-18(10-12-6-8-17-9-7-12)15(19)11-20-14-5-3-2-4-13(14)16/h2-9H,10-11,16H2,1H3.